The van der Waals surface area contributed by atoms with Crippen LogP contribution in [0.3, 0.4) is 0 Å². The van der Waals surface area contributed by atoms with E-state index in [1.54, 1.807) is 6.07 Å². The normalized spacial score (nSPS) is 11.0. The van der Waals surface area contributed by atoms with Gasteiger partial charge in [0, 0.05) is 18.1 Å². The summed E-state index contributed by atoms with van der Waals surface area (Å²) < 4.78 is 12.1. The van der Waals surface area contributed by atoms with Crippen LogP contribution in [0.5, 0.6) is 11.5 Å². The van der Waals surface area contributed by atoms with Crippen LogP contribution in [0.4, 0.5) is 5.69 Å². The molecule has 0 bridgehead atoms. The summed E-state index contributed by atoms with van der Waals surface area (Å²) in [4.78, 5) is 10.7. The second kappa shape index (κ2) is 8.38. The number of unbranched alkanes of at least 4 members (excludes halogenated alkanes) is 1. The average molecular weight is 365 g/mol. The number of hydrogen-bond acceptors (Lipinski definition) is 7. The standard InChI is InChI=1S/C15H19N5O4S/c1-4-5-6-13-17-18-15(25)19(13)16-9-10-7-11(20(21)22)14(24-3)12(8-10)23-2/h7-9H,4-6H2,1-3H3,(H,18,25)/b16-9-. The van der Waals surface area contributed by atoms with Gasteiger partial charge in [-0.1, -0.05) is 13.3 Å². The average Bonchev–Trinajstić information content (AvgIpc) is 2.96. The number of methoxy groups -OCH3 is 2. The summed E-state index contributed by atoms with van der Waals surface area (Å²) in [5.74, 6) is 1.02. The molecule has 0 radical (unpaired) electrons. The van der Waals surface area contributed by atoms with Gasteiger partial charge in [-0.3, -0.25) is 15.2 Å². The number of rotatable bonds is 8. The number of benzene rings is 1. The van der Waals surface area contributed by atoms with Crippen LogP contribution in [-0.4, -0.2) is 40.2 Å². The minimum absolute atomic E-state index is 0.0632. The molecule has 0 aliphatic rings. The number of aromatic nitrogens is 3. The summed E-state index contributed by atoms with van der Waals surface area (Å²) in [6.45, 7) is 2.08. The fourth-order valence-electron chi connectivity index (χ4n) is 2.24. The number of ether oxygens (including phenoxy) is 2. The zero-order valence-corrected chi connectivity index (χ0v) is 15.0. The smallest absolute Gasteiger partial charge is 0.315 e. The van der Waals surface area contributed by atoms with Gasteiger partial charge >= 0.3 is 5.69 Å². The van der Waals surface area contributed by atoms with Crippen molar-refractivity contribution >= 4 is 24.1 Å². The second-order valence-electron chi connectivity index (χ2n) is 5.14. The number of nitrogens with zero attached hydrogens (tertiary/aromatic N) is 4. The van der Waals surface area contributed by atoms with E-state index in [0.717, 1.165) is 19.3 Å². The molecule has 2 rings (SSSR count). The molecule has 0 spiro atoms. The SMILES string of the molecule is CCCCc1n[nH]c(=S)n1/N=C\c1cc(OC)c(OC)c([N+](=O)[O-])c1. The van der Waals surface area contributed by atoms with E-state index in [4.69, 9.17) is 21.7 Å². The summed E-state index contributed by atoms with van der Waals surface area (Å²) in [6.07, 6.45) is 4.17. The summed E-state index contributed by atoms with van der Waals surface area (Å²) in [5, 5.41) is 22.4. The number of aromatic amines is 1. The van der Waals surface area contributed by atoms with E-state index in [9.17, 15) is 10.1 Å². The van der Waals surface area contributed by atoms with E-state index >= 15 is 0 Å². The van der Waals surface area contributed by atoms with Crippen molar-refractivity contribution in [2.45, 2.75) is 26.2 Å². The predicted octanol–water partition coefficient (Wildman–Crippen LogP) is 3.09. The quantitative estimate of drug-likeness (QED) is 0.333. The van der Waals surface area contributed by atoms with Crippen molar-refractivity contribution in [3.05, 3.63) is 38.4 Å². The maximum Gasteiger partial charge on any atom is 0.315 e. The van der Waals surface area contributed by atoms with Gasteiger partial charge in [-0.2, -0.15) is 14.9 Å². The number of hydrogen-bond donors (Lipinski definition) is 1. The van der Waals surface area contributed by atoms with Crippen molar-refractivity contribution < 1.29 is 14.4 Å². The lowest BCUT2D eigenvalue weighted by atomic mass is 10.2. The van der Waals surface area contributed by atoms with Crippen LogP contribution >= 0.6 is 12.2 Å². The fraction of sp³-hybridized carbons (Fsp3) is 0.400. The highest BCUT2D eigenvalue weighted by molar-refractivity contribution is 7.71. The number of H-pyrrole nitrogens is 1. The van der Waals surface area contributed by atoms with Gasteiger partial charge in [-0.25, -0.2) is 0 Å². The molecule has 9 nitrogen and oxygen atoms in total. The van der Waals surface area contributed by atoms with Crippen LogP contribution in [0.15, 0.2) is 17.2 Å². The van der Waals surface area contributed by atoms with E-state index in [-0.39, 0.29) is 17.2 Å². The number of nitrogens with one attached hydrogen (secondary N) is 1. The minimum Gasteiger partial charge on any atom is -0.493 e. The second-order valence-corrected chi connectivity index (χ2v) is 5.52. The predicted molar refractivity (Wildman–Crippen MR) is 95.2 cm³/mol. The zero-order valence-electron chi connectivity index (χ0n) is 14.2. The number of nitro groups is 1. The molecule has 0 saturated heterocycles. The van der Waals surface area contributed by atoms with Gasteiger partial charge in [0.1, 0.15) is 0 Å². The molecule has 1 heterocycles. The molecule has 25 heavy (non-hydrogen) atoms. The summed E-state index contributed by atoms with van der Waals surface area (Å²) in [5.41, 5.74) is 0.277. The molecular weight excluding hydrogens is 346 g/mol. The van der Waals surface area contributed by atoms with Crippen molar-refractivity contribution in [2.75, 3.05) is 14.2 Å². The van der Waals surface area contributed by atoms with Crippen molar-refractivity contribution in [3.63, 3.8) is 0 Å². The van der Waals surface area contributed by atoms with Gasteiger partial charge in [0.05, 0.1) is 25.4 Å². The number of nitro benzene ring substituents is 1. The molecule has 1 aromatic heterocycles. The third-order valence-electron chi connectivity index (χ3n) is 3.47. The van der Waals surface area contributed by atoms with Crippen molar-refractivity contribution in [2.24, 2.45) is 5.10 Å². The first-order chi connectivity index (χ1) is 12.0. The van der Waals surface area contributed by atoms with Gasteiger partial charge in [0.25, 0.3) is 0 Å². The highest BCUT2D eigenvalue weighted by Gasteiger charge is 2.21. The van der Waals surface area contributed by atoms with E-state index in [0.29, 0.717) is 16.2 Å². The maximum absolute atomic E-state index is 11.2. The van der Waals surface area contributed by atoms with E-state index < -0.39 is 4.92 Å². The Morgan fingerprint density at radius 1 is 1.44 bits per heavy atom. The van der Waals surface area contributed by atoms with Crippen LogP contribution in [0, 0.1) is 14.9 Å². The Labute approximate surface area is 149 Å². The first-order valence-electron chi connectivity index (χ1n) is 7.62. The number of aryl methyl sites for hydroxylation is 1. The zero-order chi connectivity index (χ0) is 18.4. The third-order valence-corrected chi connectivity index (χ3v) is 3.74. The topological polar surface area (TPSA) is 108 Å². The van der Waals surface area contributed by atoms with Crippen LogP contribution in [0.25, 0.3) is 0 Å². The Morgan fingerprint density at radius 3 is 2.80 bits per heavy atom. The van der Waals surface area contributed by atoms with Gasteiger partial charge in [0.2, 0.25) is 10.5 Å². The van der Waals surface area contributed by atoms with E-state index in [1.165, 1.54) is 31.2 Å². The Balaban J connectivity index is 2.42. The molecule has 0 amide bonds. The van der Waals surface area contributed by atoms with Gasteiger partial charge < -0.3 is 9.47 Å². The lowest BCUT2D eigenvalue weighted by Crippen LogP contribution is -2.01. The monoisotopic (exact) mass is 365 g/mol. The third kappa shape index (κ3) is 4.21. The molecule has 1 aromatic carbocycles. The Morgan fingerprint density at radius 2 is 2.20 bits per heavy atom. The molecule has 0 unspecified atom stereocenters. The lowest BCUT2D eigenvalue weighted by molar-refractivity contribution is -0.385. The Kier molecular flexibility index (Phi) is 6.23. The minimum atomic E-state index is -0.533. The van der Waals surface area contributed by atoms with Crippen LogP contribution in [0.1, 0.15) is 31.2 Å². The Hall–Kier alpha value is -2.75. The molecule has 10 heteroatoms. The molecule has 0 aliphatic heterocycles. The molecule has 0 aliphatic carbocycles. The van der Waals surface area contributed by atoms with Gasteiger partial charge in [-0.15, -0.1) is 0 Å². The first kappa shape index (κ1) is 18.6. The molecule has 2 aromatic rings. The van der Waals surface area contributed by atoms with Crippen LogP contribution < -0.4 is 9.47 Å². The summed E-state index contributed by atoms with van der Waals surface area (Å²) in [7, 11) is 2.76. The van der Waals surface area contributed by atoms with E-state index in [1.807, 2.05) is 0 Å². The van der Waals surface area contributed by atoms with E-state index in [2.05, 4.69) is 22.2 Å². The largest absolute Gasteiger partial charge is 0.493 e. The highest BCUT2D eigenvalue weighted by Crippen LogP contribution is 2.37. The van der Waals surface area contributed by atoms with Crippen LogP contribution in [-0.2, 0) is 6.42 Å². The molecular formula is C15H19N5O4S. The maximum atomic E-state index is 11.2. The van der Waals surface area contributed by atoms with Crippen molar-refractivity contribution in [1.82, 2.24) is 14.9 Å². The summed E-state index contributed by atoms with van der Waals surface area (Å²) in [6, 6.07) is 2.96. The Bertz CT molecular complexity index is 843. The highest BCUT2D eigenvalue weighted by atomic mass is 32.1. The van der Waals surface area contributed by atoms with Gasteiger partial charge in [0.15, 0.2) is 11.6 Å². The molecule has 0 saturated carbocycles. The van der Waals surface area contributed by atoms with Crippen molar-refractivity contribution in [3.8, 4) is 11.5 Å². The first-order valence-corrected chi connectivity index (χ1v) is 8.03. The van der Waals surface area contributed by atoms with Crippen LogP contribution in [0.2, 0.25) is 0 Å². The lowest BCUT2D eigenvalue weighted by Gasteiger charge is -2.08. The molecule has 0 atom stereocenters. The molecule has 1 N–H and O–H groups in total. The summed E-state index contributed by atoms with van der Waals surface area (Å²) >= 11 is 5.17. The van der Waals surface area contributed by atoms with Crippen molar-refractivity contribution in [1.29, 1.82) is 0 Å². The fourth-order valence-corrected chi connectivity index (χ4v) is 2.44. The van der Waals surface area contributed by atoms with Gasteiger partial charge in [-0.05, 0) is 24.7 Å². The molecule has 0 fully saturated rings. The molecule has 134 valence electrons.